The first-order valence-corrected chi connectivity index (χ1v) is 7.56. The van der Waals surface area contributed by atoms with E-state index in [9.17, 15) is 0 Å². The molecule has 0 spiro atoms. The molecule has 0 aromatic carbocycles. The first-order valence-electron chi connectivity index (χ1n) is 6.36. The second-order valence-electron chi connectivity index (χ2n) is 4.90. The van der Waals surface area contributed by atoms with E-state index in [0.717, 1.165) is 40.8 Å². The predicted molar refractivity (Wildman–Crippen MR) is 80.4 cm³/mol. The third-order valence-corrected chi connectivity index (χ3v) is 4.98. The third-order valence-electron chi connectivity index (χ3n) is 3.61. The van der Waals surface area contributed by atoms with Gasteiger partial charge in [0.15, 0.2) is 17.0 Å². The summed E-state index contributed by atoms with van der Waals surface area (Å²) in [4.78, 5) is 16.8. The standard InChI is InChI=1S/C13H12ClN5S/c1-18-7-17-11-12(18)15-6-16-13(11)19-3-2-9-8(5-19)4-10(14)20-9/h4,6-7H,2-3,5H2,1H3. The summed E-state index contributed by atoms with van der Waals surface area (Å²) in [7, 11) is 1.94. The Balaban J connectivity index is 1.77. The third kappa shape index (κ3) is 1.79. The van der Waals surface area contributed by atoms with Crippen molar-refractivity contribution in [3.8, 4) is 0 Å². The van der Waals surface area contributed by atoms with Crippen LogP contribution in [0.3, 0.4) is 0 Å². The van der Waals surface area contributed by atoms with E-state index in [-0.39, 0.29) is 0 Å². The quantitative estimate of drug-likeness (QED) is 0.693. The SMILES string of the molecule is Cn1cnc2c(N3CCc4sc(Cl)cc4C3)ncnc21. The molecule has 3 aromatic heterocycles. The van der Waals surface area contributed by atoms with Gasteiger partial charge in [-0.2, -0.15) is 0 Å². The molecule has 0 saturated heterocycles. The lowest BCUT2D eigenvalue weighted by atomic mass is 10.1. The topological polar surface area (TPSA) is 46.8 Å². The van der Waals surface area contributed by atoms with Crippen molar-refractivity contribution in [1.29, 1.82) is 0 Å². The fraction of sp³-hybridized carbons (Fsp3) is 0.308. The molecule has 0 fully saturated rings. The van der Waals surface area contributed by atoms with Crippen LogP contribution in [-0.4, -0.2) is 26.1 Å². The summed E-state index contributed by atoms with van der Waals surface area (Å²) in [6.07, 6.45) is 4.39. The number of hydrogen-bond acceptors (Lipinski definition) is 5. The van der Waals surface area contributed by atoms with Gasteiger partial charge in [0, 0.05) is 25.0 Å². The number of imidazole rings is 1. The Kier molecular flexibility index (Phi) is 2.68. The molecule has 0 N–H and O–H groups in total. The van der Waals surface area contributed by atoms with Crippen molar-refractivity contribution >= 4 is 39.9 Å². The van der Waals surface area contributed by atoms with Crippen LogP contribution < -0.4 is 4.90 Å². The van der Waals surface area contributed by atoms with Gasteiger partial charge in [0.25, 0.3) is 0 Å². The molecule has 4 rings (SSSR count). The van der Waals surface area contributed by atoms with Crippen molar-refractivity contribution in [3.63, 3.8) is 0 Å². The van der Waals surface area contributed by atoms with Gasteiger partial charge in [-0.1, -0.05) is 11.6 Å². The predicted octanol–water partition coefficient (Wildman–Crippen LogP) is 2.64. The molecule has 0 amide bonds. The van der Waals surface area contributed by atoms with Gasteiger partial charge in [-0.15, -0.1) is 11.3 Å². The average molecular weight is 306 g/mol. The molecular formula is C13H12ClN5S. The maximum atomic E-state index is 6.10. The van der Waals surface area contributed by atoms with E-state index in [0.29, 0.717) is 0 Å². The number of anilines is 1. The zero-order valence-electron chi connectivity index (χ0n) is 10.9. The summed E-state index contributed by atoms with van der Waals surface area (Å²) in [6.45, 7) is 1.77. The van der Waals surface area contributed by atoms with Crippen LogP contribution in [0.25, 0.3) is 11.2 Å². The van der Waals surface area contributed by atoms with Crippen molar-refractivity contribution in [1.82, 2.24) is 19.5 Å². The maximum absolute atomic E-state index is 6.10. The fourth-order valence-electron chi connectivity index (χ4n) is 2.64. The van der Waals surface area contributed by atoms with E-state index in [1.54, 1.807) is 24.0 Å². The molecule has 4 heterocycles. The molecule has 102 valence electrons. The Labute approximate surface area is 124 Å². The first kappa shape index (κ1) is 12.1. The summed E-state index contributed by atoms with van der Waals surface area (Å²) < 4.78 is 2.78. The zero-order valence-corrected chi connectivity index (χ0v) is 12.4. The number of fused-ring (bicyclic) bond motifs is 2. The van der Waals surface area contributed by atoms with Gasteiger partial charge in [0.2, 0.25) is 0 Å². The van der Waals surface area contributed by atoms with E-state index >= 15 is 0 Å². The molecule has 1 aliphatic heterocycles. The maximum Gasteiger partial charge on any atom is 0.165 e. The lowest BCUT2D eigenvalue weighted by molar-refractivity contribution is 0.733. The number of nitrogens with zero attached hydrogens (tertiary/aromatic N) is 5. The number of thiophene rings is 1. The minimum absolute atomic E-state index is 0.835. The Morgan fingerprint density at radius 3 is 3.10 bits per heavy atom. The molecule has 0 bridgehead atoms. The average Bonchev–Trinajstić information content (AvgIpc) is 3.00. The molecule has 0 saturated carbocycles. The molecule has 0 radical (unpaired) electrons. The Hall–Kier alpha value is -1.66. The van der Waals surface area contributed by atoms with Crippen molar-refractivity contribution in [2.24, 2.45) is 7.05 Å². The van der Waals surface area contributed by atoms with Crippen LogP contribution in [0, 0.1) is 0 Å². The van der Waals surface area contributed by atoms with E-state index in [1.165, 1.54) is 10.4 Å². The summed E-state index contributed by atoms with van der Waals surface area (Å²) in [5, 5.41) is 0. The highest BCUT2D eigenvalue weighted by Gasteiger charge is 2.22. The van der Waals surface area contributed by atoms with Crippen LogP contribution in [0.1, 0.15) is 10.4 Å². The van der Waals surface area contributed by atoms with E-state index in [4.69, 9.17) is 11.6 Å². The van der Waals surface area contributed by atoms with Crippen molar-refractivity contribution in [3.05, 3.63) is 33.5 Å². The number of aromatic nitrogens is 4. The highest BCUT2D eigenvalue weighted by molar-refractivity contribution is 7.16. The number of aryl methyl sites for hydroxylation is 1. The van der Waals surface area contributed by atoms with Gasteiger partial charge in [-0.3, -0.25) is 0 Å². The van der Waals surface area contributed by atoms with Crippen molar-refractivity contribution in [2.45, 2.75) is 13.0 Å². The number of halogens is 1. The van der Waals surface area contributed by atoms with E-state index in [2.05, 4.69) is 25.9 Å². The molecule has 20 heavy (non-hydrogen) atoms. The Bertz CT molecular complexity index is 793. The van der Waals surface area contributed by atoms with Gasteiger partial charge >= 0.3 is 0 Å². The van der Waals surface area contributed by atoms with Crippen LogP contribution in [0.15, 0.2) is 18.7 Å². The summed E-state index contributed by atoms with van der Waals surface area (Å²) in [5.41, 5.74) is 3.03. The fourth-order valence-corrected chi connectivity index (χ4v) is 3.94. The lowest BCUT2D eigenvalue weighted by Gasteiger charge is -2.27. The first-order chi connectivity index (χ1) is 9.72. The molecule has 3 aromatic rings. The minimum Gasteiger partial charge on any atom is -0.350 e. The molecule has 1 aliphatic rings. The molecule has 0 unspecified atom stereocenters. The van der Waals surface area contributed by atoms with E-state index in [1.807, 2.05) is 11.6 Å². The zero-order chi connectivity index (χ0) is 13.7. The van der Waals surface area contributed by atoms with E-state index < -0.39 is 0 Å². The molecule has 7 heteroatoms. The monoisotopic (exact) mass is 305 g/mol. The second-order valence-corrected chi connectivity index (χ2v) is 6.66. The minimum atomic E-state index is 0.835. The van der Waals surface area contributed by atoms with Crippen molar-refractivity contribution < 1.29 is 0 Å². The van der Waals surface area contributed by atoms with Gasteiger partial charge < -0.3 is 9.47 Å². The summed E-state index contributed by atoms with van der Waals surface area (Å²) >= 11 is 7.78. The lowest BCUT2D eigenvalue weighted by Crippen LogP contribution is -2.30. The van der Waals surface area contributed by atoms with Crippen LogP contribution in [0.5, 0.6) is 0 Å². The molecular weight excluding hydrogens is 294 g/mol. The smallest absolute Gasteiger partial charge is 0.165 e. The molecule has 0 aliphatic carbocycles. The van der Waals surface area contributed by atoms with Crippen LogP contribution in [-0.2, 0) is 20.0 Å². The number of rotatable bonds is 1. The summed E-state index contributed by atoms with van der Waals surface area (Å²) in [5.74, 6) is 0.906. The van der Waals surface area contributed by atoms with Gasteiger partial charge in [-0.05, 0) is 18.1 Å². The normalized spacial score (nSPS) is 14.8. The Morgan fingerprint density at radius 2 is 2.20 bits per heavy atom. The highest BCUT2D eigenvalue weighted by atomic mass is 35.5. The molecule has 5 nitrogen and oxygen atoms in total. The van der Waals surface area contributed by atoms with Crippen LogP contribution in [0.2, 0.25) is 4.34 Å². The van der Waals surface area contributed by atoms with Crippen molar-refractivity contribution in [2.75, 3.05) is 11.4 Å². The summed E-state index contributed by atoms with van der Waals surface area (Å²) in [6, 6.07) is 2.06. The Morgan fingerprint density at radius 1 is 1.30 bits per heavy atom. The van der Waals surface area contributed by atoms with Crippen LogP contribution in [0.4, 0.5) is 5.82 Å². The van der Waals surface area contributed by atoms with Gasteiger partial charge in [-0.25, -0.2) is 15.0 Å². The molecule has 0 atom stereocenters. The van der Waals surface area contributed by atoms with Gasteiger partial charge in [0.1, 0.15) is 6.33 Å². The highest BCUT2D eigenvalue weighted by Crippen LogP contribution is 2.33. The van der Waals surface area contributed by atoms with Crippen LogP contribution >= 0.6 is 22.9 Å². The largest absolute Gasteiger partial charge is 0.350 e. The second kappa shape index (κ2) is 4.43. The van der Waals surface area contributed by atoms with Gasteiger partial charge in [0.05, 0.1) is 10.7 Å². The number of hydrogen-bond donors (Lipinski definition) is 0.